The van der Waals surface area contributed by atoms with Crippen LogP contribution in [-0.2, 0) is 19.8 Å². The van der Waals surface area contributed by atoms with E-state index in [1.165, 1.54) is 29.4 Å². The number of hydrogen-bond donors (Lipinski definition) is 3. The van der Waals surface area contributed by atoms with Gasteiger partial charge in [-0.05, 0) is 74.8 Å². The van der Waals surface area contributed by atoms with Crippen molar-refractivity contribution in [2.45, 2.75) is 32.5 Å². The summed E-state index contributed by atoms with van der Waals surface area (Å²) in [5.74, 6) is 5.57. The Kier molecular flexibility index (Phi) is 8.00. The van der Waals surface area contributed by atoms with Crippen molar-refractivity contribution in [3.8, 4) is 0 Å². The summed E-state index contributed by atoms with van der Waals surface area (Å²) in [7, 11) is 1.78. The second-order valence-corrected chi connectivity index (χ2v) is 9.69. The number of carbonyl (C=O) groups excluding carboxylic acids is 1. The van der Waals surface area contributed by atoms with Crippen LogP contribution in [-0.4, -0.2) is 33.7 Å². The lowest BCUT2D eigenvalue weighted by Gasteiger charge is -2.19. The molecule has 5 N–H and O–H groups in total. The molecular formula is C26H29ClF3N7O. The smallest absolute Gasteiger partial charge is 0.397 e. The fraction of sp³-hybridized carbons (Fsp3) is 0.308. The number of carbonyl (C=O) groups is 1. The first kappa shape index (κ1) is 27.5. The summed E-state index contributed by atoms with van der Waals surface area (Å²) >= 11 is 6.32. The van der Waals surface area contributed by atoms with Gasteiger partial charge in [-0.3, -0.25) is 19.4 Å². The van der Waals surface area contributed by atoms with Crippen LogP contribution in [0, 0.1) is 6.92 Å². The zero-order valence-electron chi connectivity index (χ0n) is 21.0. The van der Waals surface area contributed by atoms with Gasteiger partial charge < -0.3 is 11.1 Å². The number of nitrogens with zero attached hydrogens (tertiary/aromatic N) is 4. The Balaban J connectivity index is 1.57. The van der Waals surface area contributed by atoms with E-state index in [9.17, 15) is 18.0 Å². The normalized spacial score (nSPS) is 14.7. The average Bonchev–Trinajstić information content (AvgIpc) is 3.48. The molecule has 1 saturated heterocycles. The highest BCUT2D eigenvalue weighted by molar-refractivity contribution is 6.33. The molecule has 0 atom stereocenters. The van der Waals surface area contributed by atoms with E-state index >= 15 is 0 Å². The third-order valence-corrected chi connectivity index (χ3v) is 6.81. The first-order chi connectivity index (χ1) is 17.9. The van der Waals surface area contributed by atoms with E-state index in [0.717, 1.165) is 43.8 Å². The van der Waals surface area contributed by atoms with Gasteiger partial charge in [0.25, 0.3) is 5.91 Å². The van der Waals surface area contributed by atoms with Crippen molar-refractivity contribution in [1.82, 2.24) is 14.7 Å². The average molecular weight is 548 g/mol. The molecule has 0 unspecified atom stereocenters. The van der Waals surface area contributed by atoms with E-state index < -0.39 is 17.6 Å². The van der Waals surface area contributed by atoms with Gasteiger partial charge in [0.1, 0.15) is 0 Å². The van der Waals surface area contributed by atoms with E-state index in [2.05, 4.69) is 15.3 Å². The largest absolute Gasteiger partial charge is 0.416 e. The molecule has 1 amide bonds. The Morgan fingerprint density at radius 1 is 1.21 bits per heavy atom. The van der Waals surface area contributed by atoms with Gasteiger partial charge in [-0.25, -0.2) is 5.84 Å². The van der Waals surface area contributed by atoms with Gasteiger partial charge in [-0.15, -0.1) is 0 Å². The summed E-state index contributed by atoms with van der Waals surface area (Å²) in [5, 5.41) is 8.17. The van der Waals surface area contributed by atoms with Crippen molar-refractivity contribution < 1.29 is 18.0 Å². The van der Waals surface area contributed by atoms with Crippen LogP contribution in [0.2, 0.25) is 5.02 Å². The Morgan fingerprint density at radius 3 is 2.55 bits per heavy atom. The maximum absolute atomic E-state index is 13.6. The van der Waals surface area contributed by atoms with Gasteiger partial charge >= 0.3 is 6.18 Å². The van der Waals surface area contributed by atoms with E-state index in [0.29, 0.717) is 23.4 Å². The number of aromatic nitrogens is 2. The molecule has 0 saturated carbocycles. The SMILES string of the molecule is Cc1c(/C(N)=C/N(N)c2cc(C(=O)Nc3cc(CN4CCCC4)cc(C(F)(F)F)c3)ccc2Cl)cnn1C. The number of hydrogen-bond acceptors (Lipinski definition) is 6. The molecule has 38 heavy (non-hydrogen) atoms. The third-order valence-electron chi connectivity index (χ3n) is 6.49. The Labute approximate surface area is 223 Å². The third kappa shape index (κ3) is 6.29. The molecule has 3 aromatic rings. The van der Waals surface area contributed by atoms with Gasteiger partial charge in [0, 0.05) is 42.3 Å². The number of alkyl halides is 3. The molecule has 202 valence electrons. The highest BCUT2D eigenvalue weighted by atomic mass is 35.5. The predicted molar refractivity (Wildman–Crippen MR) is 142 cm³/mol. The van der Waals surface area contributed by atoms with Crippen molar-refractivity contribution in [2.75, 3.05) is 23.4 Å². The second-order valence-electron chi connectivity index (χ2n) is 9.28. The Bertz CT molecular complexity index is 1360. The minimum Gasteiger partial charge on any atom is -0.397 e. The van der Waals surface area contributed by atoms with Crippen LogP contribution in [0.3, 0.4) is 0 Å². The summed E-state index contributed by atoms with van der Waals surface area (Å²) in [4.78, 5) is 15.1. The number of amides is 1. The fourth-order valence-corrected chi connectivity index (χ4v) is 4.56. The number of rotatable bonds is 7. The van der Waals surface area contributed by atoms with Gasteiger partial charge in [0.15, 0.2) is 0 Å². The van der Waals surface area contributed by atoms with Crippen LogP contribution < -0.4 is 21.9 Å². The van der Waals surface area contributed by atoms with E-state index in [1.807, 2.05) is 6.92 Å². The predicted octanol–water partition coefficient (Wildman–Crippen LogP) is 4.89. The van der Waals surface area contributed by atoms with Crippen molar-refractivity contribution in [3.05, 3.63) is 81.8 Å². The highest BCUT2D eigenvalue weighted by Gasteiger charge is 2.31. The summed E-state index contributed by atoms with van der Waals surface area (Å²) in [6.45, 7) is 3.90. The number of likely N-dealkylation sites (tertiary alicyclic amines) is 1. The van der Waals surface area contributed by atoms with E-state index in [-0.39, 0.29) is 22.0 Å². The van der Waals surface area contributed by atoms with E-state index in [1.54, 1.807) is 24.0 Å². The number of aryl methyl sites for hydroxylation is 1. The number of nitrogens with two attached hydrogens (primary N) is 2. The molecule has 1 aliphatic rings. The van der Waals surface area contributed by atoms with Gasteiger partial charge in [0.2, 0.25) is 0 Å². The summed E-state index contributed by atoms with van der Waals surface area (Å²) in [5.41, 5.74) is 8.18. The lowest BCUT2D eigenvalue weighted by atomic mass is 10.1. The van der Waals surface area contributed by atoms with Crippen LogP contribution in [0.25, 0.3) is 5.70 Å². The van der Waals surface area contributed by atoms with Crippen LogP contribution in [0.4, 0.5) is 24.5 Å². The minimum absolute atomic E-state index is 0.0521. The molecule has 1 fully saturated rings. The Hall–Kier alpha value is -3.54. The zero-order valence-corrected chi connectivity index (χ0v) is 21.8. The van der Waals surface area contributed by atoms with Crippen molar-refractivity contribution in [1.29, 1.82) is 0 Å². The summed E-state index contributed by atoms with van der Waals surface area (Å²) in [6, 6.07) is 8.01. The van der Waals surface area contributed by atoms with Gasteiger partial charge in [-0.2, -0.15) is 18.3 Å². The Morgan fingerprint density at radius 2 is 1.92 bits per heavy atom. The lowest BCUT2D eigenvalue weighted by molar-refractivity contribution is -0.137. The minimum atomic E-state index is -4.55. The quantitative estimate of drug-likeness (QED) is 0.287. The van der Waals surface area contributed by atoms with Crippen LogP contribution in [0.1, 0.15) is 45.6 Å². The molecule has 0 radical (unpaired) electrons. The van der Waals surface area contributed by atoms with Gasteiger partial charge in [0.05, 0.1) is 28.2 Å². The number of nitrogens with one attached hydrogen (secondary N) is 1. The maximum Gasteiger partial charge on any atom is 0.416 e. The fourth-order valence-electron chi connectivity index (χ4n) is 4.34. The molecule has 1 aliphatic heterocycles. The van der Waals surface area contributed by atoms with Crippen LogP contribution >= 0.6 is 11.6 Å². The topological polar surface area (TPSA) is 105 Å². The van der Waals surface area contributed by atoms with Crippen LogP contribution in [0.15, 0.2) is 48.8 Å². The van der Waals surface area contributed by atoms with Crippen LogP contribution in [0.5, 0.6) is 0 Å². The van der Waals surface area contributed by atoms with E-state index in [4.69, 9.17) is 23.2 Å². The lowest BCUT2D eigenvalue weighted by Crippen LogP contribution is -2.26. The molecule has 1 aromatic heterocycles. The van der Waals surface area contributed by atoms with Crippen molar-refractivity contribution in [3.63, 3.8) is 0 Å². The number of benzene rings is 2. The number of halogens is 4. The standard InChI is InChI=1S/C26H29ClF3N7O/c1-16-21(13-33-35(16)2)23(31)15-37(32)24-11-18(5-6-22(24)27)25(38)34-20-10-17(14-36-7-3-4-8-36)9-19(12-20)26(28,29)30/h5-6,9-13,15H,3-4,7-8,14,31-32H2,1-2H3,(H,34,38)/b23-15-. The van der Waals surface area contributed by atoms with Crippen molar-refractivity contribution >= 4 is 34.6 Å². The summed E-state index contributed by atoms with van der Waals surface area (Å²) in [6.07, 6.45) is 0.537. The molecule has 0 aliphatic carbocycles. The number of hydrazine groups is 1. The number of anilines is 2. The zero-order chi connectivity index (χ0) is 27.6. The first-order valence-corrected chi connectivity index (χ1v) is 12.3. The monoisotopic (exact) mass is 547 g/mol. The molecule has 0 spiro atoms. The van der Waals surface area contributed by atoms with Crippen molar-refractivity contribution in [2.24, 2.45) is 18.6 Å². The molecule has 8 nitrogen and oxygen atoms in total. The molecule has 2 heterocycles. The summed E-state index contributed by atoms with van der Waals surface area (Å²) < 4.78 is 42.4. The first-order valence-electron chi connectivity index (χ1n) is 12.0. The maximum atomic E-state index is 13.6. The second kappa shape index (κ2) is 11.1. The molecular weight excluding hydrogens is 519 g/mol. The molecule has 0 bridgehead atoms. The van der Waals surface area contributed by atoms with Gasteiger partial charge in [-0.1, -0.05) is 11.6 Å². The molecule has 12 heteroatoms. The molecule has 4 rings (SSSR count). The molecule has 2 aromatic carbocycles. The highest BCUT2D eigenvalue weighted by Crippen LogP contribution is 2.33.